The third-order valence-electron chi connectivity index (χ3n) is 13.5. The van der Waals surface area contributed by atoms with E-state index in [0.29, 0.717) is 0 Å². The van der Waals surface area contributed by atoms with E-state index in [2.05, 4.69) is 252 Å². The summed E-state index contributed by atoms with van der Waals surface area (Å²) in [7, 11) is 0. The van der Waals surface area contributed by atoms with Crippen molar-refractivity contribution in [2.75, 3.05) is 0 Å². The molecule has 0 radical (unpaired) electrons. The van der Waals surface area contributed by atoms with Gasteiger partial charge >= 0.3 is 0 Å². The highest BCUT2D eigenvalue weighted by molar-refractivity contribution is 6.24. The Bertz CT molecular complexity index is 4350. The summed E-state index contributed by atoms with van der Waals surface area (Å²) in [6.07, 6.45) is 5.64. The second-order valence-corrected chi connectivity index (χ2v) is 18.1. The van der Waals surface area contributed by atoms with Crippen molar-refractivity contribution >= 4 is 82.8 Å². The molecular formula is C65H50N6. The van der Waals surface area contributed by atoms with Crippen LogP contribution in [0.25, 0.3) is 106 Å². The minimum absolute atomic E-state index is 0.777. The van der Waals surface area contributed by atoms with Gasteiger partial charge in [-0.15, -0.1) is 0 Å². The molecule has 0 spiro atoms. The van der Waals surface area contributed by atoms with Gasteiger partial charge in [-0.25, -0.2) is 9.97 Å². The lowest BCUT2D eigenvalue weighted by Gasteiger charge is -2.14. The van der Waals surface area contributed by atoms with Crippen LogP contribution in [0.5, 0.6) is 0 Å². The topological polar surface area (TPSA) is 45.5 Å². The van der Waals surface area contributed by atoms with Crippen LogP contribution < -0.4 is 0 Å². The molecule has 12 rings (SSSR count). The zero-order valence-electron chi connectivity index (χ0n) is 40.6. The molecule has 0 amide bonds. The molecule has 0 aliphatic carbocycles. The molecular weight excluding hydrogens is 865 g/mol. The highest BCUT2D eigenvalue weighted by atomic mass is 15.2. The minimum Gasteiger partial charge on any atom is -0.295 e. The van der Waals surface area contributed by atoms with Crippen LogP contribution in [-0.4, -0.2) is 28.2 Å². The van der Waals surface area contributed by atoms with Gasteiger partial charge in [0.25, 0.3) is 0 Å². The van der Waals surface area contributed by atoms with E-state index < -0.39 is 0 Å². The Hall–Kier alpha value is -9.02. The Balaban J connectivity index is 1.12. The summed E-state index contributed by atoms with van der Waals surface area (Å²) in [6.45, 7) is 10.7. The predicted molar refractivity (Wildman–Crippen MR) is 297 cm³/mol. The van der Waals surface area contributed by atoms with Crippen molar-refractivity contribution in [3.05, 3.63) is 186 Å². The Morgan fingerprint density at radius 3 is 1.24 bits per heavy atom. The van der Waals surface area contributed by atoms with E-state index in [1.165, 1.54) is 21.9 Å². The monoisotopic (exact) mass is 914 g/mol. The number of para-hydroxylation sites is 2. The first kappa shape index (κ1) is 43.3. The second kappa shape index (κ2) is 17.8. The van der Waals surface area contributed by atoms with E-state index in [9.17, 15) is 0 Å². The molecule has 0 saturated heterocycles. The molecule has 6 heteroatoms. The first-order valence-corrected chi connectivity index (χ1v) is 24.7. The van der Waals surface area contributed by atoms with Gasteiger partial charge in [-0.1, -0.05) is 142 Å². The minimum atomic E-state index is 0.777. The Kier molecular flexibility index (Phi) is 10.9. The van der Waals surface area contributed by atoms with Crippen molar-refractivity contribution in [2.45, 2.75) is 60.3 Å². The number of nitrogens with zero attached hydrogens (tertiary/aromatic N) is 6. The van der Waals surface area contributed by atoms with Crippen molar-refractivity contribution in [1.29, 1.82) is 0 Å². The van der Waals surface area contributed by atoms with Gasteiger partial charge in [0.15, 0.2) is 0 Å². The van der Waals surface area contributed by atoms with Crippen LogP contribution in [0, 0.1) is 35.5 Å². The fraction of sp³-hybridized carbons (Fsp3) is 0.138. The van der Waals surface area contributed by atoms with Gasteiger partial charge < -0.3 is 0 Å². The van der Waals surface area contributed by atoms with Crippen LogP contribution in [-0.2, 0) is 0 Å². The van der Waals surface area contributed by atoms with Crippen LogP contribution >= 0.6 is 0 Å². The summed E-state index contributed by atoms with van der Waals surface area (Å²) in [6, 6.07) is 56.4. The molecule has 0 unspecified atom stereocenters. The van der Waals surface area contributed by atoms with Crippen molar-refractivity contribution in [2.24, 2.45) is 0 Å². The third kappa shape index (κ3) is 7.26. The average Bonchev–Trinajstić information content (AvgIpc) is 4.13. The fourth-order valence-electron chi connectivity index (χ4n) is 10.3. The Morgan fingerprint density at radius 1 is 0.437 bits per heavy atom. The van der Waals surface area contributed by atoms with E-state index in [4.69, 9.17) is 9.97 Å². The number of pyridine rings is 2. The van der Waals surface area contributed by atoms with Gasteiger partial charge in [-0.2, -0.15) is 0 Å². The van der Waals surface area contributed by atoms with E-state index in [1.54, 1.807) is 0 Å². The fourth-order valence-corrected chi connectivity index (χ4v) is 10.3. The smallest absolute Gasteiger partial charge is 0.139 e. The summed E-state index contributed by atoms with van der Waals surface area (Å²) in [5, 5.41) is 6.95. The molecule has 0 bridgehead atoms. The summed E-state index contributed by atoms with van der Waals surface area (Å²) >= 11 is 0. The number of hydrogen-bond acceptors (Lipinski definition) is 2. The molecule has 0 aliphatic rings. The molecule has 6 nitrogen and oxygen atoms in total. The van der Waals surface area contributed by atoms with E-state index in [1.807, 2.05) is 0 Å². The van der Waals surface area contributed by atoms with Crippen LogP contribution in [0.4, 0.5) is 0 Å². The lowest BCUT2D eigenvalue weighted by atomic mass is 10.1. The zero-order valence-corrected chi connectivity index (χ0v) is 40.6. The number of fused-ring (bicyclic) bond motifs is 11. The van der Waals surface area contributed by atoms with Crippen molar-refractivity contribution in [3.63, 3.8) is 0 Å². The molecule has 0 saturated carbocycles. The molecule has 340 valence electrons. The van der Waals surface area contributed by atoms with Crippen molar-refractivity contribution < 1.29 is 0 Å². The first-order chi connectivity index (χ1) is 35.0. The van der Waals surface area contributed by atoms with Gasteiger partial charge in [-0.05, 0) is 110 Å². The van der Waals surface area contributed by atoms with E-state index in [0.717, 1.165) is 131 Å². The molecule has 12 aromatic rings. The highest BCUT2D eigenvalue weighted by Gasteiger charge is 2.26. The summed E-state index contributed by atoms with van der Waals surface area (Å²) in [5.41, 5.74) is 15.5. The first-order valence-electron chi connectivity index (χ1n) is 24.7. The van der Waals surface area contributed by atoms with Crippen LogP contribution in [0.1, 0.15) is 82.6 Å². The second-order valence-electron chi connectivity index (χ2n) is 18.1. The molecule has 0 fully saturated rings. The van der Waals surface area contributed by atoms with Crippen molar-refractivity contribution in [1.82, 2.24) is 28.2 Å². The maximum absolute atomic E-state index is 5.51. The number of aromatic nitrogens is 6. The van der Waals surface area contributed by atoms with Crippen LogP contribution in [0.15, 0.2) is 163 Å². The predicted octanol–water partition coefficient (Wildman–Crippen LogP) is 15.8. The Labute approximate surface area is 413 Å². The van der Waals surface area contributed by atoms with Gasteiger partial charge in [-0.3, -0.25) is 18.3 Å². The normalized spacial score (nSPS) is 11.7. The van der Waals surface area contributed by atoms with Gasteiger partial charge in [0.05, 0.1) is 33.1 Å². The maximum atomic E-state index is 5.51. The molecule has 6 aromatic carbocycles. The Morgan fingerprint density at radius 2 is 0.831 bits per heavy atom. The molecule has 71 heavy (non-hydrogen) atoms. The number of benzene rings is 6. The lowest BCUT2D eigenvalue weighted by Crippen LogP contribution is -2.05. The third-order valence-corrected chi connectivity index (χ3v) is 13.5. The highest BCUT2D eigenvalue weighted by Crippen LogP contribution is 2.43. The maximum Gasteiger partial charge on any atom is 0.139 e. The molecule has 0 aliphatic heterocycles. The van der Waals surface area contributed by atoms with Crippen LogP contribution in [0.2, 0.25) is 0 Å². The van der Waals surface area contributed by atoms with E-state index in [-0.39, 0.29) is 0 Å². The molecule has 0 atom stereocenters. The number of hydrogen-bond donors (Lipinski definition) is 0. The average molecular weight is 915 g/mol. The van der Waals surface area contributed by atoms with E-state index >= 15 is 0 Å². The SMILES string of the molecule is CCC#Cc1ccc2c3c4ccc(C#CCC)cc4n(-c4ccc5nc(-n6c7cc(C#CCC)ccc7c7c8ccc(/C=C(\C)CC)cc8n(-c8ccccc8)c76)ccc5n4)c3n(-c3ccccc3)c2c1. The van der Waals surface area contributed by atoms with Gasteiger partial charge in [0.2, 0.25) is 0 Å². The van der Waals surface area contributed by atoms with Crippen LogP contribution in [0.3, 0.4) is 0 Å². The molecule has 6 heterocycles. The summed E-state index contributed by atoms with van der Waals surface area (Å²) in [5.74, 6) is 21.7. The quantitative estimate of drug-likeness (QED) is 0.156. The van der Waals surface area contributed by atoms with Gasteiger partial charge in [0.1, 0.15) is 22.9 Å². The standard InChI is InChI=1S/C65H50N6/c1-6-10-19-44-26-30-50-56(39-44)68(48-22-15-13-16-23-48)64-62(50)52-31-27-45(20-11-7-2)40-58(52)70(64)60-36-34-55-54(66-60)35-37-61(67-55)71-59-41-46(21-12-8-3)28-32-53(59)63-51-33-29-47(38-43(5)9-4)42-57(51)69(65(63)71)49-24-17-14-18-25-49/h13-18,22-42H,6-9H2,1-5H3/b43-38+. The van der Waals surface area contributed by atoms with Gasteiger partial charge in [0, 0.05) is 79.6 Å². The summed E-state index contributed by atoms with van der Waals surface area (Å²) in [4.78, 5) is 11.0. The lowest BCUT2D eigenvalue weighted by molar-refractivity contribution is 1.02. The molecule has 6 aromatic heterocycles. The van der Waals surface area contributed by atoms with Crippen molar-refractivity contribution in [3.8, 4) is 58.5 Å². The number of rotatable bonds is 6. The summed E-state index contributed by atoms with van der Waals surface area (Å²) < 4.78 is 9.41. The zero-order chi connectivity index (χ0) is 48.2. The molecule has 0 N–H and O–H groups in total. The largest absolute Gasteiger partial charge is 0.295 e. The number of allylic oxidation sites excluding steroid dienone is 1.